The van der Waals surface area contributed by atoms with Crippen molar-refractivity contribution in [1.29, 1.82) is 0 Å². The molecule has 0 aliphatic heterocycles. The highest BCUT2D eigenvalue weighted by Crippen LogP contribution is 2.28. The van der Waals surface area contributed by atoms with Crippen LogP contribution in [0, 0.1) is 0 Å². The van der Waals surface area contributed by atoms with Gasteiger partial charge in [0, 0.05) is 18.3 Å². The number of hydrogen-bond donors (Lipinski definition) is 0. The molecule has 20 heavy (non-hydrogen) atoms. The van der Waals surface area contributed by atoms with Crippen LogP contribution in [-0.2, 0) is 19.4 Å². The Kier molecular flexibility index (Phi) is 5.50. The minimum atomic E-state index is 0.266. The summed E-state index contributed by atoms with van der Waals surface area (Å²) < 4.78 is 2.00. The standard InChI is InChI=1S/C16H20Cl2N2/c1-3-14-16(18)15(20(4-2)19-14)10-13(11-17)12-8-6-5-7-9-12/h5-9,13H,3-4,10-11H2,1-2H3. The van der Waals surface area contributed by atoms with Crippen LogP contribution in [-0.4, -0.2) is 15.7 Å². The Labute approximate surface area is 130 Å². The van der Waals surface area contributed by atoms with Gasteiger partial charge in [0.1, 0.15) is 0 Å². The molecule has 0 fully saturated rings. The topological polar surface area (TPSA) is 17.8 Å². The number of alkyl halides is 1. The average Bonchev–Trinajstić information content (AvgIpc) is 2.81. The van der Waals surface area contributed by atoms with Crippen molar-refractivity contribution in [3.63, 3.8) is 0 Å². The molecule has 1 atom stereocenters. The van der Waals surface area contributed by atoms with E-state index in [1.54, 1.807) is 0 Å². The fraction of sp³-hybridized carbons (Fsp3) is 0.438. The Hall–Kier alpha value is -0.990. The van der Waals surface area contributed by atoms with Crippen molar-refractivity contribution in [2.45, 2.75) is 39.2 Å². The molecule has 0 spiro atoms. The lowest BCUT2D eigenvalue weighted by atomic mass is 9.96. The highest BCUT2D eigenvalue weighted by molar-refractivity contribution is 6.31. The van der Waals surface area contributed by atoms with E-state index in [-0.39, 0.29) is 5.92 Å². The van der Waals surface area contributed by atoms with Crippen molar-refractivity contribution in [3.8, 4) is 0 Å². The molecule has 0 saturated carbocycles. The van der Waals surface area contributed by atoms with Gasteiger partial charge in [-0.25, -0.2) is 0 Å². The Morgan fingerprint density at radius 1 is 1.20 bits per heavy atom. The second-order valence-corrected chi connectivity index (χ2v) is 5.53. The fourth-order valence-electron chi connectivity index (χ4n) is 2.43. The Bertz CT molecular complexity index is 549. The lowest BCUT2D eigenvalue weighted by molar-refractivity contribution is 0.593. The number of rotatable bonds is 6. The lowest BCUT2D eigenvalue weighted by Gasteiger charge is -2.15. The zero-order valence-electron chi connectivity index (χ0n) is 11.9. The zero-order valence-corrected chi connectivity index (χ0v) is 13.5. The maximum atomic E-state index is 6.47. The molecular weight excluding hydrogens is 291 g/mol. The first-order chi connectivity index (χ1) is 9.71. The summed E-state index contributed by atoms with van der Waals surface area (Å²) in [5.74, 6) is 0.846. The summed E-state index contributed by atoms with van der Waals surface area (Å²) in [5, 5.41) is 5.38. The quantitative estimate of drug-likeness (QED) is 0.708. The van der Waals surface area contributed by atoms with Gasteiger partial charge in [0.15, 0.2) is 0 Å². The summed E-state index contributed by atoms with van der Waals surface area (Å²) in [6, 6.07) is 10.4. The maximum absolute atomic E-state index is 6.47. The van der Waals surface area contributed by atoms with Crippen LogP contribution in [0.25, 0.3) is 0 Å². The highest BCUT2D eigenvalue weighted by atomic mass is 35.5. The monoisotopic (exact) mass is 310 g/mol. The third kappa shape index (κ3) is 3.18. The summed E-state index contributed by atoms with van der Waals surface area (Å²) in [4.78, 5) is 0. The third-order valence-electron chi connectivity index (χ3n) is 3.59. The number of hydrogen-bond acceptors (Lipinski definition) is 1. The van der Waals surface area contributed by atoms with Gasteiger partial charge in [-0.15, -0.1) is 11.6 Å². The van der Waals surface area contributed by atoms with Crippen LogP contribution >= 0.6 is 23.2 Å². The first-order valence-corrected chi connectivity index (χ1v) is 7.97. The molecule has 2 rings (SSSR count). The van der Waals surface area contributed by atoms with E-state index >= 15 is 0 Å². The molecule has 1 aromatic carbocycles. The van der Waals surface area contributed by atoms with Gasteiger partial charge in [-0.1, -0.05) is 48.9 Å². The van der Waals surface area contributed by atoms with Crippen molar-refractivity contribution in [3.05, 3.63) is 52.3 Å². The number of aryl methyl sites for hydroxylation is 2. The first kappa shape index (κ1) is 15.4. The van der Waals surface area contributed by atoms with Gasteiger partial charge in [0.25, 0.3) is 0 Å². The van der Waals surface area contributed by atoms with Gasteiger partial charge < -0.3 is 0 Å². The van der Waals surface area contributed by atoms with Gasteiger partial charge in [-0.3, -0.25) is 4.68 Å². The van der Waals surface area contributed by atoms with Gasteiger partial charge >= 0.3 is 0 Å². The molecule has 0 bridgehead atoms. The third-order valence-corrected chi connectivity index (χ3v) is 4.40. The van der Waals surface area contributed by atoms with Crippen LogP contribution < -0.4 is 0 Å². The summed E-state index contributed by atoms with van der Waals surface area (Å²) in [6.07, 6.45) is 1.68. The van der Waals surface area contributed by atoms with E-state index in [9.17, 15) is 0 Å². The Morgan fingerprint density at radius 2 is 1.90 bits per heavy atom. The van der Waals surface area contributed by atoms with E-state index < -0.39 is 0 Å². The van der Waals surface area contributed by atoms with E-state index in [4.69, 9.17) is 23.2 Å². The molecule has 0 N–H and O–H groups in total. The summed E-state index contributed by atoms with van der Waals surface area (Å²) in [5.41, 5.74) is 3.32. The summed E-state index contributed by atoms with van der Waals surface area (Å²) in [6.45, 7) is 5.00. The van der Waals surface area contributed by atoms with E-state index in [0.717, 1.165) is 35.8 Å². The minimum absolute atomic E-state index is 0.266. The Morgan fingerprint density at radius 3 is 2.45 bits per heavy atom. The van der Waals surface area contributed by atoms with Crippen LogP contribution in [0.15, 0.2) is 30.3 Å². The van der Waals surface area contributed by atoms with Crippen LogP contribution in [0.4, 0.5) is 0 Å². The smallest absolute Gasteiger partial charge is 0.0850 e. The molecular formula is C16H20Cl2N2. The van der Waals surface area contributed by atoms with Crippen molar-refractivity contribution in [2.24, 2.45) is 0 Å². The average molecular weight is 311 g/mol. The number of aromatic nitrogens is 2. The summed E-state index contributed by atoms with van der Waals surface area (Å²) >= 11 is 12.6. The zero-order chi connectivity index (χ0) is 14.5. The molecule has 2 aromatic rings. The molecule has 4 heteroatoms. The molecule has 2 nitrogen and oxygen atoms in total. The van der Waals surface area contributed by atoms with Crippen LogP contribution in [0.1, 0.15) is 36.7 Å². The van der Waals surface area contributed by atoms with Crippen molar-refractivity contribution < 1.29 is 0 Å². The Balaban J connectivity index is 2.30. The summed E-state index contributed by atoms with van der Waals surface area (Å²) in [7, 11) is 0. The molecule has 0 amide bonds. The lowest BCUT2D eigenvalue weighted by Crippen LogP contribution is -2.10. The number of benzene rings is 1. The van der Waals surface area contributed by atoms with Crippen LogP contribution in [0.2, 0.25) is 5.02 Å². The predicted molar refractivity (Wildman–Crippen MR) is 85.9 cm³/mol. The molecule has 0 radical (unpaired) electrons. The second-order valence-electron chi connectivity index (χ2n) is 4.84. The van der Waals surface area contributed by atoms with E-state index in [2.05, 4.69) is 31.1 Å². The van der Waals surface area contributed by atoms with E-state index in [1.807, 2.05) is 22.9 Å². The molecule has 1 heterocycles. The number of halogens is 2. The first-order valence-electron chi connectivity index (χ1n) is 7.06. The SMILES string of the molecule is CCc1nn(CC)c(CC(CCl)c2ccccc2)c1Cl. The highest BCUT2D eigenvalue weighted by Gasteiger charge is 2.19. The van der Waals surface area contributed by atoms with Crippen molar-refractivity contribution in [2.75, 3.05) is 5.88 Å². The number of nitrogens with zero attached hydrogens (tertiary/aromatic N) is 2. The van der Waals surface area contributed by atoms with Gasteiger partial charge in [-0.05, 0) is 25.3 Å². The van der Waals surface area contributed by atoms with Crippen LogP contribution in [0.3, 0.4) is 0 Å². The molecule has 1 aromatic heterocycles. The molecule has 108 valence electrons. The van der Waals surface area contributed by atoms with Gasteiger partial charge in [0.2, 0.25) is 0 Å². The van der Waals surface area contributed by atoms with Gasteiger partial charge in [-0.2, -0.15) is 5.10 Å². The molecule has 1 unspecified atom stereocenters. The van der Waals surface area contributed by atoms with Gasteiger partial charge in [0.05, 0.1) is 16.4 Å². The molecule has 0 saturated heterocycles. The molecule has 0 aliphatic rings. The fourth-order valence-corrected chi connectivity index (χ4v) is 3.07. The van der Waals surface area contributed by atoms with Crippen molar-refractivity contribution in [1.82, 2.24) is 9.78 Å². The normalized spacial score (nSPS) is 12.6. The van der Waals surface area contributed by atoms with E-state index in [0.29, 0.717) is 5.88 Å². The molecule has 0 aliphatic carbocycles. The largest absolute Gasteiger partial charge is 0.268 e. The van der Waals surface area contributed by atoms with E-state index in [1.165, 1.54) is 5.56 Å². The predicted octanol–water partition coefficient (Wildman–Crippen LogP) is 4.68. The maximum Gasteiger partial charge on any atom is 0.0850 e. The minimum Gasteiger partial charge on any atom is -0.268 e. The van der Waals surface area contributed by atoms with Crippen LogP contribution in [0.5, 0.6) is 0 Å². The van der Waals surface area contributed by atoms with Crippen molar-refractivity contribution >= 4 is 23.2 Å². The second kappa shape index (κ2) is 7.14.